The molecule has 0 N–H and O–H groups in total. The molecule has 10 atom stereocenters. The van der Waals surface area contributed by atoms with Crippen molar-refractivity contribution in [2.45, 2.75) is 130 Å². The van der Waals surface area contributed by atoms with Crippen LogP contribution in [-0.2, 0) is 19.0 Å². The zero-order chi connectivity index (χ0) is 27.8. The number of fused-ring (bicyclic) bond motifs is 5. The molecule has 0 saturated heterocycles. The second kappa shape index (κ2) is 11.8. The summed E-state index contributed by atoms with van der Waals surface area (Å²) in [6.45, 7) is 12.0. The Morgan fingerprint density at radius 1 is 1.13 bits per heavy atom. The Hall–Kier alpha value is -1.39. The van der Waals surface area contributed by atoms with E-state index in [1.165, 1.54) is 45.6 Å². The van der Waals surface area contributed by atoms with Crippen molar-refractivity contribution in [3.05, 3.63) is 35.5 Å². The molecule has 4 heteroatoms. The highest BCUT2D eigenvalue weighted by Gasteiger charge is 2.58. The first-order valence-electron chi connectivity index (χ1n) is 16.1. The second-order valence-corrected chi connectivity index (χ2v) is 14.0. The largest absolute Gasteiger partial charge is 0.469 e. The van der Waals surface area contributed by atoms with Gasteiger partial charge in [-0.3, -0.25) is 4.79 Å². The van der Waals surface area contributed by atoms with Crippen molar-refractivity contribution in [1.29, 1.82) is 0 Å². The quantitative estimate of drug-likeness (QED) is 0.176. The summed E-state index contributed by atoms with van der Waals surface area (Å²) < 4.78 is 17.6. The van der Waals surface area contributed by atoms with Crippen molar-refractivity contribution >= 4 is 5.97 Å². The fraction of sp³-hybridized carbons (Fsp3) is 0.800. The molecule has 0 amide bonds. The molecule has 3 fully saturated rings. The van der Waals surface area contributed by atoms with E-state index in [9.17, 15) is 4.79 Å². The van der Waals surface area contributed by atoms with Crippen LogP contribution in [0.15, 0.2) is 35.5 Å². The molecule has 5 aliphatic rings. The fourth-order valence-corrected chi connectivity index (χ4v) is 9.78. The summed E-state index contributed by atoms with van der Waals surface area (Å²) in [5.74, 6) is 3.55. The van der Waals surface area contributed by atoms with E-state index in [2.05, 4.69) is 58.9 Å². The van der Waals surface area contributed by atoms with E-state index < -0.39 is 0 Å². The normalized spacial score (nSPS) is 43.7. The summed E-state index contributed by atoms with van der Waals surface area (Å²) in [5.41, 5.74) is 4.01. The summed E-state index contributed by atoms with van der Waals surface area (Å²) in [7, 11) is 1.48. The lowest BCUT2D eigenvalue weighted by atomic mass is 9.47. The minimum Gasteiger partial charge on any atom is -0.469 e. The summed E-state index contributed by atoms with van der Waals surface area (Å²) in [5, 5.41) is 0. The van der Waals surface area contributed by atoms with Crippen LogP contribution in [0.2, 0.25) is 0 Å². The molecule has 5 rings (SSSR count). The first-order valence-corrected chi connectivity index (χ1v) is 16.1. The van der Waals surface area contributed by atoms with Crippen molar-refractivity contribution in [3.63, 3.8) is 0 Å². The lowest BCUT2D eigenvalue weighted by Crippen LogP contribution is -2.50. The zero-order valence-corrected chi connectivity index (χ0v) is 25.5. The maximum atomic E-state index is 11.5. The summed E-state index contributed by atoms with van der Waals surface area (Å²) >= 11 is 0. The lowest BCUT2D eigenvalue weighted by Gasteiger charge is -2.58. The highest BCUT2D eigenvalue weighted by Crippen LogP contribution is 2.67. The van der Waals surface area contributed by atoms with Gasteiger partial charge in [0.05, 0.1) is 19.3 Å². The van der Waals surface area contributed by atoms with E-state index >= 15 is 0 Å². The number of carbonyl (C=O) groups excluding carboxylic acids is 1. The fourth-order valence-electron chi connectivity index (χ4n) is 9.78. The maximum Gasteiger partial charge on any atom is 0.305 e. The Morgan fingerprint density at radius 2 is 1.95 bits per heavy atom. The third kappa shape index (κ3) is 5.59. The predicted octanol–water partition coefficient (Wildman–Crippen LogP) is 8.57. The van der Waals surface area contributed by atoms with Crippen LogP contribution in [0.1, 0.15) is 112 Å². The molecule has 1 aliphatic heterocycles. The highest BCUT2D eigenvalue weighted by atomic mass is 16.7. The molecule has 0 radical (unpaired) electrons. The van der Waals surface area contributed by atoms with E-state index in [1.54, 1.807) is 11.1 Å². The van der Waals surface area contributed by atoms with Gasteiger partial charge in [-0.15, -0.1) is 0 Å². The highest BCUT2D eigenvalue weighted by molar-refractivity contribution is 5.69. The van der Waals surface area contributed by atoms with E-state index in [1.807, 2.05) is 0 Å². The van der Waals surface area contributed by atoms with Crippen LogP contribution in [0.5, 0.6) is 0 Å². The van der Waals surface area contributed by atoms with Crippen molar-refractivity contribution in [3.8, 4) is 0 Å². The van der Waals surface area contributed by atoms with Gasteiger partial charge in [-0.1, -0.05) is 57.1 Å². The number of allylic oxidation sites excluding steroid dienone is 3. The number of methoxy groups -OCH3 is 1. The molecule has 0 spiro atoms. The van der Waals surface area contributed by atoms with E-state index in [-0.39, 0.29) is 24.5 Å². The average Bonchev–Trinajstić information content (AvgIpc) is 3.29. The third-order valence-corrected chi connectivity index (χ3v) is 12.1. The van der Waals surface area contributed by atoms with Crippen molar-refractivity contribution in [2.75, 3.05) is 7.11 Å². The van der Waals surface area contributed by atoms with Gasteiger partial charge in [-0.05, 0) is 118 Å². The number of ether oxygens (including phenoxy) is 3. The molecular formula is C35H54O4. The number of esters is 1. The van der Waals surface area contributed by atoms with Crippen molar-refractivity contribution in [2.24, 2.45) is 40.4 Å². The average molecular weight is 539 g/mol. The van der Waals surface area contributed by atoms with Crippen LogP contribution >= 0.6 is 0 Å². The molecule has 1 heterocycles. The number of hydrogen-bond acceptors (Lipinski definition) is 4. The van der Waals surface area contributed by atoms with Crippen molar-refractivity contribution in [1.82, 2.24) is 0 Å². The lowest BCUT2D eigenvalue weighted by molar-refractivity contribution is -0.188. The third-order valence-electron chi connectivity index (χ3n) is 12.1. The first-order chi connectivity index (χ1) is 18.7. The number of unbranched alkanes of at least 4 members (excludes halogenated alkanes) is 1. The monoisotopic (exact) mass is 538 g/mol. The molecule has 0 bridgehead atoms. The van der Waals surface area contributed by atoms with Gasteiger partial charge in [0.25, 0.3) is 0 Å². The molecule has 4 nitrogen and oxygen atoms in total. The smallest absolute Gasteiger partial charge is 0.305 e. The molecule has 39 heavy (non-hydrogen) atoms. The standard InChI is InChI=1S/C35H54O4/c1-7-31-24(3)12-17-33(39-31)38-26-18-20-34(4)25(22-26)13-14-27-29-16-15-28(35(29,5)21-19-30(27)34)23(2)10-8-9-11-32(36)37-6/h10,12-13,17,24,26-31,33H,7-9,11,14-16,18-22H2,1-6H3/b23-10+/t24?,26-,27?,28?,29?,30?,31+,33?,34-,35+/m0/s1. The molecular weight excluding hydrogens is 484 g/mol. The SMILES string of the molecule is CC[C@H]1OC(O[C@H]2CC[C@@]3(C)C(=CCC4C5CCC(/C(C)=C/CCCC(=O)OC)[C@@]5(C)CCC43)C2)C=CC1C. The number of rotatable bonds is 8. The van der Waals surface area contributed by atoms with Gasteiger partial charge in [0.2, 0.25) is 0 Å². The number of hydrogen-bond donors (Lipinski definition) is 0. The molecule has 218 valence electrons. The van der Waals surface area contributed by atoms with Gasteiger partial charge < -0.3 is 14.2 Å². The van der Waals surface area contributed by atoms with E-state index in [0.717, 1.165) is 49.9 Å². The Morgan fingerprint density at radius 3 is 2.72 bits per heavy atom. The van der Waals surface area contributed by atoms with Crippen molar-refractivity contribution < 1.29 is 19.0 Å². The van der Waals surface area contributed by atoms with Crippen LogP contribution in [0.25, 0.3) is 0 Å². The Labute approximate surface area is 238 Å². The molecule has 4 aliphatic carbocycles. The van der Waals surface area contributed by atoms with Crippen LogP contribution in [0.4, 0.5) is 0 Å². The summed E-state index contributed by atoms with van der Waals surface area (Å²) in [6.07, 6.45) is 23.5. The minimum atomic E-state index is -0.181. The number of carbonyl (C=O) groups is 1. The Kier molecular flexibility index (Phi) is 8.84. The molecule has 6 unspecified atom stereocenters. The molecule has 0 aromatic rings. The van der Waals surface area contributed by atoms with Gasteiger partial charge in [-0.25, -0.2) is 0 Å². The maximum absolute atomic E-state index is 11.5. The zero-order valence-electron chi connectivity index (χ0n) is 25.5. The van der Waals surface area contributed by atoms with Gasteiger partial charge in [0, 0.05) is 12.3 Å². The van der Waals surface area contributed by atoms with Crippen LogP contribution < -0.4 is 0 Å². The van der Waals surface area contributed by atoms with Crippen LogP contribution in [0.3, 0.4) is 0 Å². The summed E-state index contributed by atoms with van der Waals surface area (Å²) in [6, 6.07) is 0. The Bertz CT molecular complexity index is 979. The molecule has 0 aromatic heterocycles. The second-order valence-electron chi connectivity index (χ2n) is 14.0. The molecule has 0 aromatic carbocycles. The van der Waals surface area contributed by atoms with Gasteiger partial charge in [0.15, 0.2) is 6.29 Å². The van der Waals surface area contributed by atoms with Crippen LogP contribution in [-0.4, -0.2) is 31.6 Å². The van der Waals surface area contributed by atoms with Gasteiger partial charge in [-0.2, -0.15) is 0 Å². The Balaban J connectivity index is 1.23. The van der Waals surface area contributed by atoms with Crippen LogP contribution in [0, 0.1) is 40.4 Å². The topological polar surface area (TPSA) is 44.8 Å². The van der Waals surface area contributed by atoms with Gasteiger partial charge in [0.1, 0.15) is 0 Å². The van der Waals surface area contributed by atoms with Gasteiger partial charge >= 0.3 is 5.97 Å². The minimum absolute atomic E-state index is 0.0926. The van der Waals surface area contributed by atoms with E-state index in [4.69, 9.17) is 14.2 Å². The predicted molar refractivity (Wildman–Crippen MR) is 157 cm³/mol. The first kappa shape index (κ1) is 29.1. The molecule has 3 saturated carbocycles. The summed E-state index contributed by atoms with van der Waals surface area (Å²) in [4.78, 5) is 11.5. The van der Waals surface area contributed by atoms with E-state index in [0.29, 0.717) is 29.1 Å².